The van der Waals surface area contributed by atoms with Gasteiger partial charge in [0.15, 0.2) is 0 Å². The molecule has 0 aliphatic carbocycles. The van der Waals surface area contributed by atoms with Gasteiger partial charge in [0.05, 0.1) is 0 Å². The van der Waals surface area contributed by atoms with Crippen LogP contribution in [0.3, 0.4) is 0 Å². The Kier molecular flexibility index (Phi) is 4.48. The van der Waals surface area contributed by atoms with Crippen LogP contribution in [0.5, 0.6) is 0 Å². The maximum Gasteiger partial charge on any atom is 0.506 e. The maximum atomic E-state index is 10.9. The molecule has 1 aromatic carbocycles. The topological polar surface area (TPSA) is 46.5 Å². The van der Waals surface area contributed by atoms with Gasteiger partial charge in [-0.05, 0) is 41.4 Å². The molecule has 0 aliphatic heterocycles. The Labute approximate surface area is 128 Å². The molecule has 3 nitrogen and oxygen atoms in total. The first kappa shape index (κ1) is 17.5. The van der Waals surface area contributed by atoms with E-state index in [2.05, 4.69) is 59.7 Å². The molecular formula is C18H28O3. The second-order valence-corrected chi connectivity index (χ2v) is 8.18. The van der Waals surface area contributed by atoms with Gasteiger partial charge in [-0.1, -0.05) is 59.7 Å². The SMILES string of the molecule is CC(C)(C)c1cc(C(C)(C)C)cc(C(C)(C)OC(=O)O)c1. The summed E-state index contributed by atoms with van der Waals surface area (Å²) in [4.78, 5) is 10.9. The summed E-state index contributed by atoms with van der Waals surface area (Å²) in [5, 5.41) is 8.95. The number of benzene rings is 1. The third-order valence-electron chi connectivity index (χ3n) is 3.70. The zero-order valence-corrected chi connectivity index (χ0v) is 14.5. The lowest BCUT2D eigenvalue weighted by molar-refractivity contribution is 0.000897. The molecule has 0 radical (unpaired) electrons. The summed E-state index contributed by atoms with van der Waals surface area (Å²) in [5.74, 6) is 0. The van der Waals surface area contributed by atoms with E-state index in [-0.39, 0.29) is 10.8 Å². The van der Waals surface area contributed by atoms with E-state index in [1.165, 1.54) is 11.1 Å². The van der Waals surface area contributed by atoms with Gasteiger partial charge in [-0.2, -0.15) is 0 Å². The van der Waals surface area contributed by atoms with E-state index in [1.807, 2.05) is 0 Å². The van der Waals surface area contributed by atoms with Gasteiger partial charge in [0.25, 0.3) is 0 Å². The maximum absolute atomic E-state index is 10.9. The molecule has 118 valence electrons. The molecule has 1 N–H and O–H groups in total. The minimum absolute atomic E-state index is 0.00465. The fourth-order valence-corrected chi connectivity index (χ4v) is 2.12. The molecule has 0 aliphatic rings. The summed E-state index contributed by atoms with van der Waals surface area (Å²) < 4.78 is 5.08. The quantitative estimate of drug-likeness (QED) is 0.761. The van der Waals surface area contributed by atoms with Crippen molar-refractivity contribution >= 4 is 6.16 Å². The molecule has 3 heteroatoms. The van der Waals surface area contributed by atoms with Gasteiger partial charge >= 0.3 is 6.16 Å². The molecule has 1 rings (SSSR count). The van der Waals surface area contributed by atoms with Gasteiger partial charge in [0.1, 0.15) is 5.60 Å². The molecule has 0 heterocycles. The van der Waals surface area contributed by atoms with E-state index in [0.29, 0.717) is 0 Å². The van der Waals surface area contributed by atoms with Crippen LogP contribution in [-0.2, 0) is 21.2 Å². The second-order valence-electron chi connectivity index (χ2n) is 8.18. The highest BCUT2D eigenvalue weighted by atomic mass is 16.7. The first-order chi connectivity index (χ1) is 9.23. The molecule has 0 bridgehead atoms. The van der Waals surface area contributed by atoms with Crippen LogP contribution in [0.1, 0.15) is 72.1 Å². The average Bonchev–Trinajstić information content (AvgIpc) is 2.24. The van der Waals surface area contributed by atoms with E-state index < -0.39 is 11.8 Å². The molecule has 0 spiro atoms. The Balaban J connectivity index is 3.49. The second kappa shape index (κ2) is 5.36. The highest BCUT2D eigenvalue weighted by Gasteiger charge is 2.29. The van der Waals surface area contributed by atoms with Crippen molar-refractivity contribution in [2.75, 3.05) is 0 Å². The summed E-state index contributed by atoms with van der Waals surface area (Å²) in [6.45, 7) is 16.5. The van der Waals surface area contributed by atoms with Crippen LogP contribution < -0.4 is 0 Å². The Morgan fingerprint density at radius 1 is 0.810 bits per heavy atom. The van der Waals surface area contributed by atoms with E-state index in [1.54, 1.807) is 13.8 Å². The Bertz CT molecular complexity index is 496. The van der Waals surface area contributed by atoms with E-state index in [4.69, 9.17) is 9.84 Å². The Morgan fingerprint density at radius 3 is 1.43 bits per heavy atom. The van der Waals surface area contributed by atoms with Crippen molar-refractivity contribution in [3.63, 3.8) is 0 Å². The lowest BCUT2D eigenvalue weighted by Gasteiger charge is -2.30. The van der Waals surface area contributed by atoms with Crippen molar-refractivity contribution in [3.8, 4) is 0 Å². The van der Waals surface area contributed by atoms with Crippen molar-refractivity contribution in [1.82, 2.24) is 0 Å². The highest BCUT2D eigenvalue weighted by molar-refractivity contribution is 5.58. The minimum Gasteiger partial charge on any atom is -0.450 e. The van der Waals surface area contributed by atoms with Crippen LogP contribution in [0.4, 0.5) is 4.79 Å². The Morgan fingerprint density at radius 2 is 1.14 bits per heavy atom. The van der Waals surface area contributed by atoms with Crippen LogP contribution in [0.2, 0.25) is 0 Å². The number of hydrogen-bond acceptors (Lipinski definition) is 2. The predicted molar refractivity (Wildman–Crippen MR) is 86.0 cm³/mol. The van der Waals surface area contributed by atoms with Crippen molar-refractivity contribution in [1.29, 1.82) is 0 Å². The van der Waals surface area contributed by atoms with Gasteiger partial charge < -0.3 is 9.84 Å². The smallest absolute Gasteiger partial charge is 0.450 e. The third-order valence-corrected chi connectivity index (χ3v) is 3.70. The minimum atomic E-state index is -1.25. The molecule has 0 saturated heterocycles. The van der Waals surface area contributed by atoms with Gasteiger partial charge in [-0.15, -0.1) is 0 Å². The van der Waals surface area contributed by atoms with Crippen LogP contribution in [0.25, 0.3) is 0 Å². The molecule has 0 amide bonds. The lowest BCUT2D eigenvalue weighted by atomic mass is 9.78. The predicted octanol–water partition coefficient (Wildman–Crippen LogP) is 5.21. The van der Waals surface area contributed by atoms with Crippen molar-refractivity contribution in [2.45, 2.75) is 71.8 Å². The average molecular weight is 292 g/mol. The number of carboxylic acid groups (broad SMARTS) is 1. The zero-order valence-electron chi connectivity index (χ0n) is 14.5. The third kappa shape index (κ3) is 4.48. The highest BCUT2D eigenvalue weighted by Crippen LogP contribution is 2.35. The number of ether oxygens (including phenoxy) is 1. The number of carbonyl (C=O) groups is 1. The number of rotatable bonds is 2. The summed E-state index contributed by atoms with van der Waals surface area (Å²) in [6, 6.07) is 6.32. The molecule has 0 saturated carbocycles. The molecular weight excluding hydrogens is 264 g/mol. The molecule has 1 aromatic rings. The van der Waals surface area contributed by atoms with Crippen LogP contribution >= 0.6 is 0 Å². The van der Waals surface area contributed by atoms with Crippen LogP contribution in [0.15, 0.2) is 18.2 Å². The lowest BCUT2D eigenvalue weighted by Crippen LogP contribution is -2.27. The molecule has 0 fully saturated rings. The van der Waals surface area contributed by atoms with E-state index >= 15 is 0 Å². The summed E-state index contributed by atoms with van der Waals surface area (Å²) in [7, 11) is 0. The van der Waals surface area contributed by atoms with Gasteiger partial charge in [0.2, 0.25) is 0 Å². The van der Waals surface area contributed by atoms with Gasteiger partial charge in [-0.25, -0.2) is 4.79 Å². The van der Waals surface area contributed by atoms with Gasteiger partial charge in [0, 0.05) is 0 Å². The first-order valence-electron chi connectivity index (χ1n) is 7.32. The number of hydrogen-bond donors (Lipinski definition) is 1. The standard InChI is InChI=1S/C18H28O3/c1-16(2,3)12-9-13(17(4,5)6)11-14(10-12)18(7,8)21-15(19)20/h9-11H,1-8H3,(H,19,20). The van der Waals surface area contributed by atoms with Crippen LogP contribution in [-0.4, -0.2) is 11.3 Å². The van der Waals surface area contributed by atoms with Crippen LogP contribution in [0, 0.1) is 0 Å². The summed E-state index contributed by atoms with van der Waals surface area (Å²) in [6.07, 6.45) is -1.25. The molecule has 0 aromatic heterocycles. The van der Waals surface area contributed by atoms with E-state index in [9.17, 15) is 4.79 Å². The normalized spacial score (nSPS) is 13.1. The summed E-state index contributed by atoms with van der Waals surface area (Å²) >= 11 is 0. The summed E-state index contributed by atoms with van der Waals surface area (Å²) in [5.41, 5.74) is 2.39. The van der Waals surface area contributed by atoms with Crippen molar-refractivity contribution < 1.29 is 14.6 Å². The zero-order chi connectivity index (χ0) is 16.6. The van der Waals surface area contributed by atoms with Crippen molar-refractivity contribution in [3.05, 3.63) is 34.9 Å². The fourth-order valence-electron chi connectivity index (χ4n) is 2.12. The van der Waals surface area contributed by atoms with Gasteiger partial charge in [-0.3, -0.25) is 0 Å². The van der Waals surface area contributed by atoms with E-state index in [0.717, 1.165) is 5.56 Å². The van der Waals surface area contributed by atoms with Crippen molar-refractivity contribution in [2.24, 2.45) is 0 Å². The first-order valence-corrected chi connectivity index (χ1v) is 7.32. The largest absolute Gasteiger partial charge is 0.506 e. The monoisotopic (exact) mass is 292 g/mol. The molecule has 0 atom stereocenters. The fraction of sp³-hybridized carbons (Fsp3) is 0.611. The molecule has 0 unspecified atom stereocenters. The molecule has 21 heavy (non-hydrogen) atoms. The Hall–Kier alpha value is -1.51.